The van der Waals surface area contributed by atoms with Gasteiger partial charge in [-0.05, 0) is 52.3 Å². The summed E-state index contributed by atoms with van der Waals surface area (Å²) in [6, 6.07) is 7.65. The fraction of sp³-hybridized carbons (Fsp3) is 0.593. The van der Waals surface area contributed by atoms with Gasteiger partial charge in [-0.2, -0.15) is 0 Å². The van der Waals surface area contributed by atoms with E-state index in [1.165, 1.54) is 0 Å². The zero-order valence-electron chi connectivity index (χ0n) is 22.8. The van der Waals surface area contributed by atoms with Crippen molar-refractivity contribution in [3.8, 4) is 11.6 Å². The van der Waals surface area contributed by atoms with Gasteiger partial charge in [-0.3, -0.25) is 14.3 Å². The molecule has 0 saturated carbocycles. The van der Waals surface area contributed by atoms with E-state index in [1.54, 1.807) is 4.68 Å². The molecule has 0 radical (unpaired) electrons. The first-order valence-electron chi connectivity index (χ1n) is 12.9. The highest BCUT2D eigenvalue weighted by molar-refractivity contribution is 5.76. The Morgan fingerprint density at radius 3 is 2.28 bits per heavy atom. The van der Waals surface area contributed by atoms with Gasteiger partial charge in [0.15, 0.2) is 0 Å². The molecule has 1 saturated heterocycles. The third-order valence-electron chi connectivity index (χ3n) is 6.25. The summed E-state index contributed by atoms with van der Waals surface area (Å²) in [6.07, 6.45) is -7.77. The molecule has 2 heterocycles. The van der Waals surface area contributed by atoms with Crippen LogP contribution >= 0.6 is 0 Å². The molecule has 216 valence electrons. The van der Waals surface area contributed by atoms with Gasteiger partial charge in [-0.25, -0.2) is 0 Å². The van der Waals surface area contributed by atoms with Crippen LogP contribution in [0.3, 0.4) is 0 Å². The van der Waals surface area contributed by atoms with Crippen molar-refractivity contribution in [2.24, 2.45) is 0 Å². The summed E-state index contributed by atoms with van der Waals surface area (Å²) in [5.41, 5.74) is 2.56. The van der Waals surface area contributed by atoms with E-state index < -0.39 is 55.7 Å². The van der Waals surface area contributed by atoms with Crippen LogP contribution in [0.5, 0.6) is 11.6 Å². The Labute approximate surface area is 227 Å². The van der Waals surface area contributed by atoms with Gasteiger partial charge < -0.3 is 39.4 Å². The van der Waals surface area contributed by atoms with Gasteiger partial charge in [0.1, 0.15) is 36.8 Å². The van der Waals surface area contributed by atoms with Gasteiger partial charge in [-0.15, -0.1) is 5.10 Å². The molecule has 1 aliphatic heterocycles. The third-order valence-corrected chi connectivity index (χ3v) is 6.25. The number of hydrogen-bond donors (Lipinski definition) is 4. The lowest BCUT2D eigenvalue weighted by Crippen LogP contribution is -2.60. The lowest BCUT2D eigenvalue weighted by molar-refractivity contribution is -0.279. The molecule has 1 aromatic carbocycles. The van der Waals surface area contributed by atoms with Crippen LogP contribution in [0.4, 0.5) is 0 Å². The summed E-state index contributed by atoms with van der Waals surface area (Å²) in [4.78, 5) is 22.5. The zero-order chi connectivity index (χ0) is 28.9. The van der Waals surface area contributed by atoms with Crippen molar-refractivity contribution >= 4 is 11.9 Å². The number of aliphatic carboxylic acids is 1. The van der Waals surface area contributed by atoms with Crippen molar-refractivity contribution in [1.29, 1.82) is 0 Å². The molecule has 0 bridgehead atoms. The summed E-state index contributed by atoms with van der Waals surface area (Å²) in [5, 5.41) is 44.7. The number of nitrogens with zero attached hydrogens (tertiary/aromatic N) is 2. The Bertz CT molecular complexity index is 1110. The average Bonchev–Trinajstić information content (AvgIpc) is 3.18. The summed E-state index contributed by atoms with van der Waals surface area (Å²) in [5.74, 6) is -1.02. The van der Waals surface area contributed by atoms with Crippen molar-refractivity contribution in [2.75, 3.05) is 6.61 Å². The maximum atomic E-state index is 11.8. The van der Waals surface area contributed by atoms with Gasteiger partial charge in [-0.1, -0.05) is 12.1 Å². The van der Waals surface area contributed by atoms with Crippen molar-refractivity contribution in [3.63, 3.8) is 0 Å². The van der Waals surface area contributed by atoms with Crippen LogP contribution in [0.15, 0.2) is 24.3 Å². The highest BCUT2D eigenvalue weighted by atomic mass is 16.7. The molecule has 0 unspecified atom stereocenters. The number of carbonyl (C=O) groups is 2. The Morgan fingerprint density at radius 1 is 1.03 bits per heavy atom. The molecule has 12 nitrogen and oxygen atoms in total. The Morgan fingerprint density at radius 2 is 1.69 bits per heavy atom. The quantitative estimate of drug-likeness (QED) is 0.284. The zero-order valence-corrected chi connectivity index (χ0v) is 22.8. The molecular weight excluding hydrogens is 512 g/mol. The smallest absolute Gasteiger partial charge is 0.306 e. The molecule has 5 atom stereocenters. The first kappa shape index (κ1) is 30.4. The second kappa shape index (κ2) is 13.2. The van der Waals surface area contributed by atoms with Crippen LogP contribution in [0, 0.1) is 6.92 Å². The molecule has 12 heteroatoms. The standard InChI is InChI=1S/C27H38N2O10/c1-14(2)29-16(5)19(12-17-6-8-18(9-7-17)37-15(3)4)26(28-29)39-27-25(35)24(34)23(33)20(38-27)13-36-22(32)11-10-21(30)31/h6-9,14-15,20,23-25,27,33-35H,10-13H2,1-5H3,(H,30,31)/t20-,23-,24+,25-,27+/m1/s1. The molecule has 0 aliphatic carbocycles. The van der Waals surface area contributed by atoms with Gasteiger partial charge in [0, 0.05) is 23.7 Å². The van der Waals surface area contributed by atoms with Crippen LogP contribution in [0.2, 0.25) is 0 Å². The number of aliphatic hydroxyl groups is 3. The maximum Gasteiger partial charge on any atom is 0.306 e. The minimum Gasteiger partial charge on any atom is -0.491 e. The Balaban J connectivity index is 1.78. The molecule has 3 rings (SSSR count). The maximum absolute atomic E-state index is 11.8. The highest BCUT2D eigenvalue weighted by Crippen LogP contribution is 2.31. The summed E-state index contributed by atoms with van der Waals surface area (Å²) in [6.45, 7) is 9.26. The van der Waals surface area contributed by atoms with E-state index in [1.807, 2.05) is 58.9 Å². The van der Waals surface area contributed by atoms with E-state index in [9.17, 15) is 24.9 Å². The Kier molecular flexibility index (Phi) is 10.3. The van der Waals surface area contributed by atoms with Crippen molar-refractivity contribution < 1.29 is 49.0 Å². The lowest BCUT2D eigenvalue weighted by atomic mass is 9.99. The second-order valence-electron chi connectivity index (χ2n) is 10.1. The van der Waals surface area contributed by atoms with E-state index >= 15 is 0 Å². The van der Waals surface area contributed by atoms with E-state index in [-0.39, 0.29) is 24.4 Å². The van der Waals surface area contributed by atoms with Crippen molar-refractivity contribution in [2.45, 2.75) is 96.7 Å². The second-order valence-corrected chi connectivity index (χ2v) is 10.1. The molecular formula is C27H38N2O10. The number of benzene rings is 1. The number of aromatic nitrogens is 2. The number of hydrogen-bond acceptors (Lipinski definition) is 10. The molecule has 1 aromatic heterocycles. The highest BCUT2D eigenvalue weighted by Gasteiger charge is 2.46. The largest absolute Gasteiger partial charge is 0.491 e. The predicted octanol–water partition coefficient (Wildman–Crippen LogP) is 1.74. The Hall–Kier alpha value is -3.19. The summed E-state index contributed by atoms with van der Waals surface area (Å²) in [7, 11) is 0. The number of rotatable bonds is 12. The number of esters is 1. The molecule has 4 N–H and O–H groups in total. The molecule has 0 amide bonds. The molecule has 1 fully saturated rings. The number of carboxylic acids is 1. The van der Waals surface area contributed by atoms with E-state index in [0.29, 0.717) is 6.42 Å². The molecule has 0 spiro atoms. The average molecular weight is 551 g/mol. The fourth-order valence-electron chi connectivity index (χ4n) is 4.21. The SMILES string of the molecule is Cc1c(Cc2ccc(OC(C)C)cc2)c(O[C@@H]2O[C@H](COC(=O)CCC(=O)O)[C@@H](O)[C@H](O)[C@H]2O)nn1C(C)C. The first-order chi connectivity index (χ1) is 18.4. The van der Waals surface area contributed by atoms with Gasteiger partial charge in [0.2, 0.25) is 12.2 Å². The van der Waals surface area contributed by atoms with Gasteiger partial charge in [0.05, 0.1) is 18.9 Å². The monoisotopic (exact) mass is 550 g/mol. The topological polar surface area (TPSA) is 170 Å². The van der Waals surface area contributed by atoms with E-state index in [2.05, 4.69) is 5.10 Å². The van der Waals surface area contributed by atoms with Crippen LogP contribution in [-0.4, -0.2) is 85.6 Å². The van der Waals surface area contributed by atoms with Gasteiger partial charge in [0.25, 0.3) is 0 Å². The minimum absolute atomic E-state index is 0.00508. The number of carboxylic acid groups (broad SMARTS) is 1. The molecule has 1 aliphatic rings. The first-order valence-corrected chi connectivity index (χ1v) is 12.9. The third kappa shape index (κ3) is 7.91. The van der Waals surface area contributed by atoms with Gasteiger partial charge >= 0.3 is 11.9 Å². The van der Waals surface area contributed by atoms with E-state index in [4.69, 9.17) is 24.1 Å². The summed E-state index contributed by atoms with van der Waals surface area (Å²) >= 11 is 0. The lowest BCUT2D eigenvalue weighted by Gasteiger charge is -2.39. The van der Waals surface area contributed by atoms with Crippen LogP contribution in [0.1, 0.15) is 63.4 Å². The fourth-order valence-corrected chi connectivity index (χ4v) is 4.21. The van der Waals surface area contributed by atoms with Crippen LogP contribution < -0.4 is 9.47 Å². The summed E-state index contributed by atoms with van der Waals surface area (Å²) < 4.78 is 24.2. The number of ether oxygens (including phenoxy) is 4. The normalized spacial score (nSPS) is 23.2. The van der Waals surface area contributed by atoms with Crippen molar-refractivity contribution in [1.82, 2.24) is 9.78 Å². The van der Waals surface area contributed by atoms with E-state index in [0.717, 1.165) is 22.6 Å². The van der Waals surface area contributed by atoms with Crippen molar-refractivity contribution in [3.05, 3.63) is 41.1 Å². The number of aliphatic hydroxyl groups excluding tert-OH is 3. The van der Waals surface area contributed by atoms with Crippen LogP contribution in [0.25, 0.3) is 0 Å². The van der Waals surface area contributed by atoms with Crippen LogP contribution in [-0.2, 0) is 25.5 Å². The number of carbonyl (C=O) groups excluding carboxylic acids is 1. The predicted molar refractivity (Wildman–Crippen MR) is 137 cm³/mol. The minimum atomic E-state index is -1.66. The molecule has 39 heavy (non-hydrogen) atoms. The molecule has 2 aromatic rings.